The van der Waals surface area contributed by atoms with Gasteiger partial charge < -0.3 is 10.6 Å². The molecule has 1 aromatic heterocycles. The molecule has 1 aliphatic rings. The molecule has 6 heteroatoms. The summed E-state index contributed by atoms with van der Waals surface area (Å²) in [5, 5.41) is 11.1. The number of nitrogens with one attached hydrogen (secondary N) is 2. The minimum atomic E-state index is 0. The molecule has 5 nitrogen and oxygen atoms in total. The van der Waals surface area contributed by atoms with E-state index in [-0.39, 0.29) is 18.3 Å². The zero-order chi connectivity index (χ0) is 16.1. The molecule has 1 aromatic rings. The molecule has 0 aromatic carbocycles. The van der Waals surface area contributed by atoms with Gasteiger partial charge in [0.1, 0.15) is 0 Å². The van der Waals surface area contributed by atoms with Gasteiger partial charge in [0.25, 0.3) is 0 Å². The van der Waals surface area contributed by atoms with Crippen LogP contribution < -0.4 is 10.6 Å². The van der Waals surface area contributed by atoms with Crippen LogP contribution in [0, 0.1) is 19.8 Å². The third-order valence-electron chi connectivity index (χ3n) is 4.38. The number of amides is 1. The number of carbonyl (C=O) groups is 1. The Morgan fingerprint density at radius 3 is 2.78 bits per heavy atom. The number of halogens is 1. The lowest BCUT2D eigenvalue weighted by molar-refractivity contribution is -0.121. The van der Waals surface area contributed by atoms with Gasteiger partial charge in [-0.3, -0.25) is 9.48 Å². The molecular formula is C17H31ClN4O. The van der Waals surface area contributed by atoms with E-state index in [0.29, 0.717) is 18.4 Å². The number of hydrogen-bond acceptors (Lipinski definition) is 3. The lowest BCUT2D eigenvalue weighted by atomic mass is 10.1. The van der Waals surface area contributed by atoms with Crippen molar-refractivity contribution < 1.29 is 4.79 Å². The van der Waals surface area contributed by atoms with Gasteiger partial charge in [-0.25, -0.2) is 0 Å². The monoisotopic (exact) mass is 342 g/mol. The fourth-order valence-corrected chi connectivity index (χ4v) is 3.11. The summed E-state index contributed by atoms with van der Waals surface area (Å²) in [4.78, 5) is 12.0. The normalized spacial score (nSPS) is 17.3. The lowest BCUT2D eigenvalue weighted by Crippen LogP contribution is -2.37. The zero-order valence-corrected chi connectivity index (χ0v) is 15.6. The number of aromatic nitrogens is 2. The highest BCUT2D eigenvalue weighted by molar-refractivity contribution is 5.85. The largest absolute Gasteiger partial charge is 0.355 e. The average Bonchev–Trinajstić information content (AvgIpc) is 3.04. The molecule has 1 atom stereocenters. The summed E-state index contributed by atoms with van der Waals surface area (Å²) in [7, 11) is 0. The van der Waals surface area contributed by atoms with E-state index in [1.807, 2.05) is 6.92 Å². The van der Waals surface area contributed by atoms with Crippen molar-refractivity contribution in [2.45, 2.75) is 66.0 Å². The Labute approximate surface area is 146 Å². The number of aryl methyl sites for hydroxylation is 1. The Balaban J connectivity index is 0.00000264. The van der Waals surface area contributed by atoms with Gasteiger partial charge in [0, 0.05) is 31.2 Å². The summed E-state index contributed by atoms with van der Waals surface area (Å²) in [6.45, 7) is 11.3. The molecule has 0 bridgehead atoms. The molecule has 2 heterocycles. The summed E-state index contributed by atoms with van der Waals surface area (Å²) >= 11 is 0. The van der Waals surface area contributed by atoms with Crippen LogP contribution in [0.15, 0.2) is 0 Å². The molecule has 1 unspecified atom stereocenters. The molecule has 0 saturated carbocycles. The van der Waals surface area contributed by atoms with Crippen molar-refractivity contribution in [2.24, 2.45) is 5.92 Å². The molecule has 1 aliphatic heterocycles. The second kappa shape index (κ2) is 9.28. The number of nitrogens with zero attached hydrogens (tertiary/aromatic N) is 2. The first-order valence-electron chi connectivity index (χ1n) is 8.50. The van der Waals surface area contributed by atoms with Gasteiger partial charge in [0.2, 0.25) is 5.91 Å². The highest BCUT2D eigenvalue weighted by Crippen LogP contribution is 2.16. The maximum absolute atomic E-state index is 12.0. The summed E-state index contributed by atoms with van der Waals surface area (Å²) in [5.74, 6) is 0.720. The molecule has 23 heavy (non-hydrogen) atoms. The minimum absolute atomic E-state index is 0. The first-order valence-corrected chi connectivity index (χ1v) is 8.50. The quantitative estimate of drug-likeness (QED) is 0.799. The Kier molecular flexibility index (Phi) is 8.06. The molecule has 1 fully saturated rings. The standard InChI is InChI=1S/C17H30N4O.ClH/c1-12(2)11-21-14(4)16(13(3)20-21)7-8-17(22)19-10-15-6-5-9-18-15;/h12,15,18H,5-11H2,1-4H3,(H,19,22);1H. The molecule has 1 amide bonds. The highest BCUT2D eigenvalue weighted by Gasteiger charge is 2.16. The summed E-state index contributed by atoms with van der Waals surface area (Å²) in [5.41, 5.74) is 3.50. The van der Waals surface area contributed by atoms with Gasteiger partial charge in [-0.1, -0.05) is 13.8 Å². The third kappa shape index (κ3) is 5.81. The van der Waals surface area contributed by atoms with Crippen molar-refractivity contribution in [2.75, 3.05) is 13.1 Å². The van der Waals surface area contributed by atoms with E-state index in [1.165, 1.54) is 24.1 Å². The van der Waals surface area contributed by atoms with E-state index in [0.717, 1.165) is 31.7 Å². The van der Waals surface area contributed by atoms with E-state index in [2.05, 4.69) is 41.2 Å². The van der Waals surface area contributed by atoms with Crippen LogP contribution in [0.5, 0.6) is 0 Å². The van der Waals surface area contributed by atoms with Crippen molar-refractivity contribution in [1.82, 2.24) is 20.4 Å². The van der Waals surface area contributed by atoms with Crippen molar-refractivity contribution >= 4 is 18.3 Å². The van der Waals surface area contributed by atoms with Crippen LogP contribution in [0.2, 0.25) is 0 Å². The van der Waals surface area contributed by atoms with Crippen LogP contribution in [0.4, 0.5) is 0 Å². The van der Waals surface area contributed by atoms with Crippen molar-refractivity contribution in [3.8, 4) is 0 Å². The van der Waals surface area contributed by atoms with Gasteiger partial charge >= 0.3 is 0 Å². The Bertz CT molecular complexity index is 507. The summed E-state index contributed by atoms with van der Waals surface area (Å²) in [6.07, 6.45) is 3.70. The number of hydrogen-bond donors (Lipinski definition) is 2. The fourth-order valence-electron chi connectivity index (χ4n) is 3.11. The zero-order valence-electron chi connectivity index (χ0n) is 14.8. The van der Waals surface area contributed by atoms with Gasteiger partial charge in [-0.05, 0) is 51.1 Å². The Morgan fingerprint density at radius 1 is 1.43 bits per heavy atom. The predicted octanol–water partition coefficient (Wildman–Crippen LogP) is 2.38. The van der Waals surface area contributed by atoms with Gasteiger partial charge in [0.05, 0.1) is 5.69 Å². The molecule has 2 rings (SSSR count). The number of rotatable bonds is 7. The molecular weight excluding hydrogens is 312 g/mol. The molecule has 1 saturated heterocycles. The summed E-state index contributed by atoms with van der Waals surface area (Å²) in [6, 6.07) is 0.459. The van der Waals surface area contributed by atoms with E-state index in [1.54, 1.807) is 0 Å². The average molecular weight is 343 g/mol. The van der Waals surface area contributed by atoms with Gasteiger partial charge in [-0.15, -0.1) is 12.4 Å². The Hall–Kier alpha value is -1.07. The Morgan fingerprint density at radius 2 is 2.17 bits per heavy atom. The van der Waals surface area contributed by atoms with Crippen LogP contribution in [0.1, 0.15) is 50.1 Å². The van der Waals surface area contributed by atoms with Crippen LogP contribution in [0.25, 0.3) is 0 Å². The van der Waals surface area contributed by atoms with Crippen molar-refractivity contribution in [3.63, 3.8) is 0 Å². The van der Waals surface area contributed by atoms with E-state index in [4.69, 9.17) is 0 Å². The molecule has 0 spiro atoms. The SMILES string of the molecule is Cc1nn(CC(C)C)c(C)c1CCC(=O)NCC1CCCN1.Cl. The van der Waals surface area contributed by atoms with Crippen LogP contribution in [-0.2, 0) is 17.8 Å². The molecule has 0 aliphatic carbocycles. The minimum Gasteiger partial charge on any atom is -0.355 e. The third-order valence-corrected chi connectivity index (χ3v) is 4.38. The fraction of sp³-hybridized carbons (Fsp3) is 0.765. The van der Waals surface area contributed by atoms with Gasteiger partial charge in [-0.2, -0.15) is 5.10 Å². The second-order valence-corrected chi connectivity index (χ2v) is 6.82. The van der Waals surface area contributed by atoms with Crippen LogP contribution in [0.3, 0.4) is 0 Å². The van der Waals surface area contributed by atoms with E-state index in [9.17, 15) is 4.79 Å². The first-order chi connectivity index (χ1) is 10.5. The summed E-state index contributed by atoms with van der Waals surface area (Å²) < 4.78 is 2.08. The van der Waals surface area contributed by atoms with Gasteiger partial charge in [0.15, 0.2) is 0 Å². The molecule has 0 radical (unpaired) electrons. The number of carbonyl (C=O) groups excluding carboxylic acids is 1. The van der Waals surface area contributed by atoms with E-state index < -0.39 is 0 Å². The highest BCUT2D eigenvalue weighted by atomic mass is 35.5. The van der Waals surface area contributed by atoms with E-state index >= 15 is 0 Å². The van der Waals surface area contributed by atoms with Crippen molar-refractivity contribution in [3.05, 3.63) is 17.0 Å². The van der Waals surface area contributed by atoms with Crippen molar-refractivity contribution in [1.29, 1.82) is 0 Å². The second-order valence-electron chi connectivity index (χ2n) is 6.82. The smallest absolute Gasteiger partial charge is 0.220 e. The maximum Gasteiger partial charge on any atom is 0.220 e. The maximum atomic E-state index is 12.0. The van der Waals surface area contributed by atoms with Crippen LogP contribution >= 0.6 is 12.4 Å². The first kappa shape index (κ1) is 20.0. The molecule has 2 N–H and O–H groups in total. The van der Waals surface area contributed by atoms with Crippen LogP contribution in [-0.4, -0.2) is 34.8 Å². The lowest BCUT2D eigenvalue weighted by Gasteiger charge is -2.11. The topological polar surface area (TPSA) is 59.0 Å². The predicted molar refractivity (Wildman–Crippen MR) is 96.1 cm³/mol. The molecule has 132 valence electrons.